The van der Waals surface area contributed by atoms with E-state index in [1.54, 1.807) is 11.8 Å². The Hall–Kier alpha value is -0.623. The van der Waals surface area contributed by atoms with Crippen molar-refractivity contribution >= 4 is 26.2 Å². The lowest BCUT2D eigenvalue weighted by Crippen LogP contribution is -2.41. The molecule has 0 radical (unpaired) electrons. The molecule has 2 atom stereocenters. The highest BCUT2D eigenvalue weighted by Crippen LogP contribution is 2.38. The maximum absolute atomic E-state index is 11.8. The number of carbonyl (C=O) groups is 1. The molecule has 0 aliphatic carbocycles. The molecule has 0 bridgehead atoms. The lowest BCUT2D eigenvalue weighted by molar-refractivity contribution is 0.144. The van der Waals surface area contributed by atoms with Gasteiger partial charge in [-0.1, -0.05) is 41.0 Å². The van der Waals surface area contributed by atoms with Crippen LogP contribution in [0.15, 0.2) is 11.2 Å². The number of amides is 1. The topological polar surface area (TPSA) is 47.6 Å². The van der Waals surface area contributed by atoms with Crippen molar-refractivity contribution in [3.05, 3.63) is 11.2 Å². The van der Waals surface area contributed by atoms with Crippen molar-refractivity contribution in [2.24, 2.45) is 5.92 Å². The molecule has 0 aromatic heterocycles. The average Bonchev–Trinajstić information content (AvgIpc) is 2.46. The molecule has 0 aliphatic rings. The van der Waals surface area contributed by atoms with Gasteiger partial charge in [0.2, 0.25) is 8.32 Å². The molecule has 4 nitrogen and oxygen atoms in total. The predicted octanol–water partition coefficient (Wildman–Crippen LogP) is 5.76. The number of nitrogens with one attached hydrogen (secondary N) is 1. The largest absolute Gasteiger partial charge is 0.548 e. The molecule has 0 unspecified atom stereocenters. The minimum Gasteiger partial charge on any atom is -0.548 e. The van der Waals surface area contributed by atoms with Crippen molar-refractivity contribution in [3.63, 3.8) is 0 Å². The Morgan fingerprint density at radius 1 is 1.29 bits per heavy atom. The molecule has 1 N–H and O–H groups in total. The molecule has 1 amide bonds. The molecule has 0 rings (SSSR count). The van der Waals surface area contributed by atoms with Crippen molar-refractivity contribution in [3.8, 4) is 0 Å². The molecule has 0 aromatic rings. The number of thioether (sulfide) groups is 1. The predicted molar refractivity (Wildman–Crippen MR) is 108 cm³/mol. The molecule has 0 spiro atoms. The summed E-state index contributed by atoms with van der Waals surface area (Å²) in [5.74, 6) is 0.189. The van der Waals surface area contributed by atoms with Crippen LogP contribution in [0.3, 0.4) is 0 Å². The highest BCUT2D eigenvalue weighted by atomic mass is 32.2. The van der Waals surface area contributed by atoms with E-state index in [0.717, 1.165) is 17.7 Å². The first-order valence-electron chi connectivity index (χ1n) is 8.85. The highest BCUT2D eigenvalue weighted by Gasteiger charge is 2.38. The fourth-order valence-electron chi connectivity index (χ4n) is 2.00. The average molecular weight is 376 g/mol. The minimum absolute atomic E-state index is 0.0516. The first kappa shape index (κ1) is 23.4. The summed E-state index contributed by atoms with van der Waals surface area (Å²) in [4.78, 5) is 13.0. The normalized spacial score (nSPS) is 15.6. The van der Waals surface area contributed by atoms with Crippen LogP contribution in [0.1, 0.15) is 54.4 Å². The van der Waals surface area contributed by atoms with Gasteiger partial charge in [-0.15, -0.1) is 11.8 Å². The van der Waals surface area contributed by atoms with Crippen molar-refractivity contribution in [2.75, 3.05) is 12.9 Å². The Labute approximate surface area is 154 Å². The molecule has 6 heteroatoms. The van der Waals surface area contributed by atoms with Crippen molar-refractivity contribution in [2.45, 2.75) is 78.6 Å². The lowest BCUT2D eigenvalue weighted by atomic mass is 9.97. The summed E-state index contributed by atoms with van der Waals surface area (Å²) >= 11 is 1.69. The summed E-state index contributed by atoms with van der Waals surface area (Å²) in [7, 11) is -1.83. The second-order valence-electron chi connectivity index (χ2n) is 7.65. The fraction of sp³-hybridized carbons (Fsp3) is 0.833. The zero-order valence-electron chi connectivity index (χ0n) is 17.0. The number of hydrogen-bond acceptors (Lipinski definition) is 4. The van der Waals surface area contributed by atoms with E-state index in [4.69, 9.17) is 9.16 Å². The van der Waals surface area contributed by atoms with Crippen LogP contribution in [0, 0.1) is 5.92 Å². The first-order chi connectivity index (χ1) is 11.0. The third-order valence-electron chi connectivity index (χ3n) is 4.74. The van der Waals surface area contributed by atoms with Gasteiger partial charge in [-0.3, -0.25) is 0 Å². The fourth-order valence-corrected chi connectivity index (χ4v) is 3.55. The van der Waals surface area contributed by atoms with Crippen molar-refractivity contribution in [1.82, 2.24) is 5.32 Å². The Kier molecular flexibility index (Phi) is 10.1. The van der Waals surface area contributed by atoms with Crippen LogP contribution < -0.4 is 5.32 Å². The molecule has 142 valence electrons. The zero-order chi connectivity index (χ0) is 19.0. The van der Waals surface area contributed by atoms with E-state index in [1.807, 2.05) is 13.2 Å². The number of hydrogen-bond donors (Lipinski definition) is 1. The van der Waals surface area contributed by atoms with Gasteiger partial charge in [-0.05, 0) is 37.7 Å². The maximum atomic E-state index is 11.8. The number of alkyl carbamates (subject to hydrolysis) is 1. The van der Waals surface area contributed by atoms with E-state index in [2.05, 4.69) is 59.3 Å². The summed E-state index contributed by atoms with van der Waals surface area (Å²) in [6.07, 6.45) is 5.57. The van der Waals surface area contributed by atoms with Gasteiger partial charge in [0.05, 0.1) is 12.9 Å². The Morgan fingerprint density at radius 3 is 2.29 bits per heavy atom. The smallest absolute Gasteiger partial charge is 0.407 e. The molecule has 0 aliphatic heterocycles. The highest BCUT2D eigenvalue weighted by molar-refractivity contribution is 8.02. The summed E-state index contributed by atoms with van der Waals surface area (Å²) in [5.41, 5.74) is 0. The van der Waals surface area contributed by atoms with Crippen LogP contribution in [0.2, 0.25) is 18.1 Å². The standard InChI is InChI=1S/C18H37NO3SSi/c1-10-12-15(19-17(20)21-11-2)14(3)16(23-7)13-22-24(8,9)18(4,5)6/h13-15H,10-12H2,1-9H3,(H,19,20)/b16-13-/t14-,15-/m0/s1. The quantitative estimate of drug-likeness (QED) is 0.411. The van der Waals surface area contributed by atoms with Gasteiger partial charge in [-0.2, -0.15) is 0 Å². The Balaban J connectivity index is 5.16. The number of ether oxygens (including phenoxy) is 1. The Bertz CT molecular complexity index is 419. The van der Waals surface area contributed by atoms with Gasteiger partial charge >= 0.3 is 6.09 Å². The van der Waals surface area contributed by atoms with Crippen LogP contribution in [-0.4, -0.2) is 33.3 Å². The number of rotatable bonds is 9. The van der Waals surface area contributed by atoms with E-state index in [1.165, 1.54) is 0 Å². The third kappa shape index (κ3) is 7.51. The van der Waals surface area contributed by atoms with Crippen LogP contribution in [0.4, 0.5) is 4.79 Å². The van der Waals surface area contributed by atoms with Gasteiger partial charge < -0.3 is 14.5 Å². The molecule has 0 saturated carbocycles. The SMILES string of the molecule is CCC[C@H](NC(=O)OCC)[C@H](C)/C(=C/O[Si](C)(C)C(C)(C)C)SC. The second kappa shape index (κ2) is 10.4. The summed E-state index contributed by atoms with van der Waals surface area (Å²) in [6.45, 7) is 17.7. The van der Waals surface area contributed by atoms with E-state index in [9.17, 15) is 4.79 Å². The molecular weight excluding hydrogens is 338 g/mol. The van der Waals surface area contributed by atoms with Gasteiger partial charge in [0.1, 0.15) is 0 Å². The van der Waals surface area contributed by atoms with E-state index >= 15 is 0 Å². The second-order valence-corrected chi connectivity index (χ2v) is 13.3. The van der Waals surface area contributed by atoms with Crippen LogP contribution >= 0.6 is 11.8 Å². The van der Waals surface area contributed by atoms with Gasteiger partial charge in [0.15, 0.2) is 0 Å². The molecule has 0 fully saturated rings. The monoisotopic (exact) mass is 375 g/mol. The molecular formula is C18H37NO3SSi. The molecule has 24 heavy (non-hydrogen) atoms. The van der Waals surface area contributed by atoms with Gasteiger partial charge in [-0.25, -0.2) is 4.79 Å². The van der Waals surface area contributed by atoms with Crippen molar-refractivity contribution in [1.29, 1.82) is 0 Å². The lowest BCUT2D eigenvalue weighted by Gasteiger charge is -2.36. The van der Waals surface area contributed by atoms with E-state index in [0.29, 0.717) is 6.61 Å². The Morgan fingerprint density at radius 2 is 1.88 bits per heavy atom. The molecule has 0 aromatic carbocycles. The summed E-state index contributed by atoms with van der Waals surface area (Å²) < 4.78 is 11.3. The van der Waals surface area contributed by atoms with Crippen LogP contribution in [0.25, 0.3) is 0 Å². The van der Waals surface area contributed by atoms with E-state index in [-0.39, 0.29) is 23.1 Å². The zero-order valence-corrected chi connectivity index (χ0v) is 18.8. The van der Waals surface area contributed by atoms with E-state index < -0.39 is 8.32 Å². The summed E-state index contributed by atoms with van der Waals surface area (Å²) in [6, 6.07) is 0.0516. The minimum atomic E-state index is -1.83. The third-order valence-corrected chi connectivity index (χ3v) is 10.0. The van der Waals surface area contributed by atoms with Crippen LogP contribution in [0.5, 0.6) is 0 Å². The number of carbonyl (C=O) groups excluding carboxylic acids is 1. The molecule has 0 saturated heterocycles. The molecule has 0 heterocycles. The summed E-state index contributed by atoms with van der Waals surface area (Å²) in [5, 5.41) is 3.17. The van der Waals surface area contributed by atoms with Gasteiger partial charge in [0, 0.05) is 16.9 Å². The van der Waals surface area contributed by atoms with Gasteiger partial charge in [0.25, 0.3) is 0 Å². The van der Waals surface area contributed by atoms with Crippen LogP contribution in [-0.2, 0) is 9.16 Å². The first-order valence-corrected chi connectivity index (χ1v) is 13.0. The van der Waals surface area contributed by atoms with Crippen molar-refractivity contribution < 1.29 is 14.0 Å². The maximum Gasteiger partial charge on any atom is 0.407 e.